The minimum atomic E-state index is -0.0617. The first-order chi connectivity index (χ1) is 16.6. The molecule has 1 saturated heterocycles. The average molecular weight is 458 g/mol. The normalized spacial score (nSPS) is 15.0. The van der Waals surface area contributed by atoms with Crippen molar-refractivity contribution in [2.24, 2.45) is 14.1 Å². The Hall–Kier alpha value is -3.69. The SMILES string of the molecule is Cn1cc(-c2cc3c(ncc4c[nH]n(C)c43)n2)c2cc(C(=O)NCCN3CCOCC3)ccc21. The van der Waals surface area contributed by atoms with Crippen LogP contribution in [0.25, 0.3) is 44.1 Å². The Kier molecular flexibility index (Phi) is 5.08. The molecule has 34 heavy (non-hydrogen) atoms. The van der Waals surface area contributed by atoms with Crippen LogP contribution in [0.5, 0.6) is 0 Å². The van der Waals surface area contributed by atoms with Gasteiger partial charge in [0.1, 0.15) is 0 Å². The fourth-order valence-corrected chi connectivity index (χ4v) is 4.87. The van der Waals surface area contributed by atoms with Gasteiger partial charge in [-0.05, 0) is 24.3 Å². The Balaban J connectivity index is 1.31. The zero-order valence-electron chi connectivity index (χ0n) is 19.3. The summed E-state index contributed by atoms with van der Waals surface area (Å²) in [6.45, 7) is 4.79. The van der Waals surface area contributed by atoms with Crippen LogP contribution in [0, 0.1) is 0 Å². The molecule has 0 unspecified atom stereocenters. The molecule has 0 radical (unpaired) electrons. The van der Waals surface area contributed by atoms with Crippen LogP contribution >= 0.6 is 0 Å². The van der Waals surface area contributed by atoms with Crippen LogP contribution in [0.4, 0.5) is 0 Å². The molecule has 2 N–H and O–H groups in total. The molecule has 0 spiro atoms. The van der Waals surface area contributed by atoms with Gasteiger partial charge in [-0.3, -0.25) is 14.4 Å². The van der Waals surface area contributed by atoms with E-state index in [0.717, 1.165) is 71.3 Å². The summed E-state index contributed by atoms with van der Waals surface area (Å²) in [5.74, 6) is -0.0617. The lowest BCUT2D eigenvalue weighted by molar-refractivity contribution is 0.0383. The molecule has 1 fully saturated rings. The molecule has 5 aromatic rings. The minimum absolute atomic E-state index is 0.0617. The second kappa shape index (κ2) is 8.27. The van der Waals surface area contributed by atoms with Crippen LogP contribution < -0.4 is 5.32 Å². The highest BCUT2D eigenvalue weighted by molar-refractivity contribution is 6.07. The van der Waals surface area contributed by atoms with Crippen molar-refractivity contribution < 1.29 is 9.53 Å². The number of carbonyl (C=O) groups is 1. The first-order valence-corrected chi connectivity index (χ1v) is 11.6. The molecule has 1 aromatic carbocycles. The number of morpholine rings is 1. The molecule has 0 atom stereocenters. The molecule has 0 bridgehead atoms. The Labute approximate surface area is 196 Å². The number of aryl methyl sites for hydroxylation is 2. The number of fused-ring (bicyclic) bond motifs is 4. The number of amides is 1. The van der Waals surface area contributed by atoms with E-state index in [1.54, 1.807) is 0 Å². The highest BCUT2D eigenvalue weighted by atomic mass is 16.5. The molecule has 174 valence electrons. The van der Waals surface area contributed by atoms with E-state index < -0.39 is 0 Å². The third-order valence-corrected chi connectivity index (χ3v) is 6.70. The smallest absolute Gasteiger partial charge is 0.251 e. The number of hydrogen-bond donors (Lipinski definition) is 2. The van der Waals surface area contributed by atoms with Crippen LogP contribution in [0.15, 0.2) is 42.9 Å². The standard InChI is InChI=1S/C25H27N7O2/c1-30-15-20(21-12-19-23-17(14-28-31(23)2)13-27-24(19)29-21)18-11-16(3-4-22(18)30)25(33)26-5-6-32-7-9-34-10-8-32/h3-4,11-15,28H,5-10H2,1-2H3,(H,26,33). The van der Waals surface area contributed by atoms with Crippen molar-refractivity contribution in [3.63, 3.8) is 0 Å². The first-order valence-electron chi connectivity index (χ1n) is 11.6. The molecule has 0 saturated carbocycles. The maximum atomic E-state index is 12.9. The zero-order valence-corrected chi connectivity index (χ0v) is 19.3. The van der Waals surface area contributed by atoms with Gasteiger partial charge < -0.3 is 19.7 Å². The Morgan fingerprint density at radius 1 is 1.18 bits per heavy atom. The number of ether oxygens (including phenoxy) is 1. The third kappa shape index (κ3) is 3.53. The number of hydrogen-bond acceptors (Lipinski definition) is 5. The van der Waals surface area contributed by atoms with Crippen LogP contribution in [0.3, 0.4) is 0 Å². The molecular formula is C25H27N7O2. The number of pyridine rings is 1. The Morgan fingerprint density at radius 2 is 2.03 bits per heavy atom. The second-order valence-electron chi connectivity index (χ2n) is 8.87. The van der Waals surface area contributed by atoms with Gasteiger partial charge in [-0.1, -0.05) is 0 Å². The average Bonchev–Trinajstić information content (AvgIpc) is 3.54. The lowest BCUT2D eigenvalue weighted by atomic mass is 10.1. The number of aromatic nitrogens is 5. The van der Waals surface area contributed by atoms with Gasteiger partial charge in [-0.15, -0.1) is 0 Å². The maximum absolute atomic E-state index is 12.9. The molecule has 5 heterocycles. The minimum Gasteiger partial charge on any atom is -0.379 e. The summed E-state index contributed by atoms with van der Waals surface area (Å²) in [6.07, 6.45) is 5.85. The highest BCUT2D eigenvalue weighted by Crippen LogP contribution is 2.34. The quantitative estimate of drug-likeness (QED) is 0.423. The van der Waals surface area contributed by atoms with E-state index in [4.69, 9.17) is 9.72 Å². The van der Waals surface area contributed by atoms with Gasteiger partial charge in [0.15, 0.2) is 5.65 Å². The molecule has 0 aliphatic carbocycles. The van der Waals surface area contributed by atoms with Gasteiger partial charge in [0.25, 0.3) is 5.91 Å². The van der Waals surface area contributed by atoms with Crippen LogP contribution in [0.1, 0.15) is 10.4 Å². The Morgan fingerprint density at radius 3 is 2.88 bits per heavy atom. The van der Waals surface area contributed by atoms with E-state index in [-0.39, 0.29) is 5.91 Å². The predicted octanol–water partition coefficient (Wildman–Crippen LogP) is 2.67. The van der Waals surface area contributed by atoms with Crippen molar-refractivity contribution in [2.75, 3.05) is 39.4 Å². The maximum Gasteiger partial charge on any atom is 0.251 e. The van der Waals surface area contributed by atoms with Gasteiger partial charge in [-0.2, -0.15) is 0 Å². The van der Waals surface area contributed by atoms with Crippen molar-refractivity contribution in [3.05, 3.63) is 48.4 Å². The van der Waals surface area contributed by atoms with Gasteiger partial charge in [-0.25, -0.2) is 9.97 Å². The number of nitrogens with zero attached hydrogens (tertiary/aromatic N) is 5. The number of benzene rings is 1. The van der Waals surface area contributed by atoms with Crippen LogP contribution in [0.2, 0.25) is 0 Å². The van der Waals surface area contributed by atoms with Crippen molar-refractivity contribution in [2.45, 2.75) is 0 Å². The van der Waals surface area contributed by atoms with E-state index in [1.165, 1.54) is 0 Å². The van der Waals surface area contributed by atoms with Crippen molar-refractivity contribution in [1.29, 1.82) is 0 Å². The molecule has 9 nitrogen and oxygen atoms in total. The molecule has 1 amide bonds. The fraction of sp³-hybridized carbons (Fsp3) is 0.320. The topological polar surface area (TPSA) is 93.0 Å². The van der Waals surface area contributed by atoms with E-state index in [9.17, 15) is 4.79 Å². The monoisotopic (exact) mass is 457 g/mol. The number of rotatable bonds is 5. The summed E-state index contributed by atoms with van der Waals surface area (Å²) >= 11 is 0. The molecular weight excluding hydrogens is 430 g/mol. The molecule has 1 aliphatic heterocycles. The van der Waals surface area contributed by atoms with Crippen molar-refractivity contribution >= 4 is 38.7 Å². The summed E-state index contributed by atoms with van der Waals surface area (Å²) in [7, 11) is 4.00. The fourth-order valence-electron chi connectivity index (χ4n) is 4.87. The van der Waals surface area contributed by atoms with Gasteiger partial charge in [0, 0.05) is 91.7 Å². The van der Waals surface area contributed by atoms with E-state index in [0.29, 0.717) is 17.8 Å². The summed E-state index contributed by atoms with van der Waals surface area (Å²) in [5, 5.41) is 9.31. The number of carbonyl (C=O) groups excluding carboxylic acids is 1. The largest absolute Gasteiger partial charge is 0.379 e. The summed E-state index contributed by atoms with van der Waals surface area (Å²) in [5.41, 5.74) is 5.33. The molecule has 4 aromatic heterocycles. The summed E-state index contributed by atoms with van der Waals surface area (Å²) in [4.78, 5) is 24.6. The molecule has 1 aliphatic rings. The van der Waals surface area contributed by atoms with Crippen LogP contribution in [-0.4, -0.2) is 74.5 Å². The second-order valence-corrected chi connectivity index (χ2v) is 8.87. The first kappa shape index (κ1) is 20.9. The number of aromatic amines is 1. The van der Waals surface area contributed by atoms with Crippen LogP contribution in [-0.2, 0) is 18.8 Å². The van der Waals surface area contributed by atoms with Crippen molar-refractivity contribution in [1.82, 2.24) is 34.5 Å². The molecule has 9 heteroatoms. The number of H-pyrrole nitrogens is 1. The lowest BCUT2D eigenvalue weighted by Crippen LogP contribution is -2.41. The van der Waals surface area contributed by atoms with Gasteiger partial charge >= 0.3 is 0 Å². The van der Waals surface area contributed by atoms with Gasteiger partial charge in [0.05, 0.1) is 24.4 Å². The van der Waals surface area contributed by atoms with Gasteiger partial charge in [0.2, 0.25) is 0 Å². The Bertz CT molecular complexity index is 1520. The zero-order chi connectivity index (χ0) is 23.2. The summed E-state index contributed by atoms with van der Waals surface area (Å²) < 4.78 is 9.44. The number of nitrogens with one attached hydrogen (secondary N) is 2. The van der Waals surface area contributed by atoms with E-state index >= 15 is 0 Å². The lowest BCUT2D eigenvalue weighted by Gasteiger charge is -2.26. The molecule has 6 rings (SSSR count). The van der Waals surface area contributed by atoms with Crippen molar-refractivity contribution in [3.8, 4) is 11.3 Å². The van der Waals surface area contributed by atoms with E-state index in [1.807, 2.05) is 49.4 Å². The predicted molar refractivity (Wildman–Crippen MR) is 132 cm³/mol. The highest BCUT2D eigenvalue weighted by Gasteiger charge is 2.17. The summed E-state index contributed by atoms with van der Waals surface area (Å²) in [6, 6.07) is 7.94. The van der Waals surface area contributed by atoms with E-state index in [2.05, 4.69) is 37.1 Å². The third-order valence-electron chi connectivity index (χ3n) is 6.70.